The van der Waals surface area contributed by atoms with Crippen LogP contribution in [0.15, 0.2) is 194 Å². The zero-order chi connectivity index (χ0) is 59.7. The zero-order valence-corrected chi connectivity index (χ0v) is 41.3. The van der Waals surface area contributed by atoms with Crippen LogP contribution in [0, 0.1) is 12.8 Å². The normalized spacial score (nSPS) is 17.5. The van der Waals surface area contributed by atoms with Crippen molar-refractivity contribution in [3.8, 4) is 50.7 Å². The average molecular weight is 951 g/mol. The van der Waals surface area contributed by atoms with Crippen molar-refractivity contribution in [1.82, 2.24) is 9.55 Å². The smallest absolute Gasteiger partial charge is 0.137 e. The highest BCUT2D eigenvalue weighted by atomic mass is 16.5. The second-order valence-electron chi connectivity index (χ2n) is 20.6. The van der Waals surface area contributed by atoms with E-state index in [0.717, 1.165) is 63.4 Å². The van der Waals surface area contributed by atoms with Crippen molar-refractivity contribution in [2.45, 2.75) is 78.4 Å². The van der Waals surface area contributed by atoms with E-state index >= 15 is 0 Å². The topological polar surface area (TPSA) is 33.5 Å². The van der Waals surface area contributed by atoms with E-state index in [1.807, 2.05) is 97.1 Å². The molecular weight excluding hydrogens is 877 g/mol. The summed E-state index contributed by atoms with van der Waals surface area (Å²) in [4.78, 5) is 9.03. The first-order valence-corrected chi connectivity index (χ1v) is 24.7. The van der Waals surface area contributed by atoms with Crippen LogP contribution in [-0.4, -0.2) is 16.2 Å². The van der Waals surface area contributed by atoms with E-state index in [1.54, 1.807) is 60.9 Å². The summed E-state index contributed by atoms with van der Waals surface area (Å²) in [5.74, 6) is 0.809. The van der Waals surface area contributed by atoms with Crippen molar-refractivity contribution >= 4 is 44.6 Å². The second-order valence-corrected chi connectivity index (χ2v) is 20.6. The van der Waals surface area contributed by atoms with Crippen LogP contribution < -0.4 is 14.5 Å². The molecule has 72 heavy (non-hydrogen) atoms. The van der Waals surface area contributed by atoms with E-state index in [4.69, 9.17) is 17.1 Å². The predicted octanol–water partition coefficient (Wildman–Crippen LogP) is 18.1. The van der Waals surface area contributed by atoms with Gasteiger partial charge in [0.25, 0.3) is 0 Å². The van der Waals surface area contributed by atoms with E-state index in [-0.39, 0.29) is 65.7 Å². The van der Waals surface area contributed by atoms with Gasteiger partial charge in [0.1, 0.15) is 24.0 Å². The molecule has 10 aromatic rings. The second kappa shape index (κ2) is 17.8. The number of hydrogen-bond acceptors (Lipinski definition) is 4. The van der Waals surface area contributed by atoms with E-state index in [9.17, 15) is 4.11 Å². The maximum atomic E-state index is 10.2. The Balaban J connectivity index is 0.984. The Morgan fingerprint density at radius 2 is 1.31 bits per heavy atom. The number of nitrogens with zero attached hydrogens (tertiary/aromatic N) is 4. The zero-order valence-electron chi connectivity index (χ0n) is 53.3. The molecule has 0 saturated heterocycles. The number of hydrogen-bond donors (Lipinski definition) is 0. The van der Waals surface area contributed by atoms with Crippen molar-refractivity contribution in [2.24, 2.45) is 5.92 Å². The Kier molecular flexibility index (Phi) is 8.30. The molecule has 356 valence electrons. The van der Waals surface area contributed by atoms with Gasteiger partial charge < -0.3 is 14.5 Å². The monoisotopic (exact) mass is 951 g/mol. The molecule has 0 unspecified atom stereocenters. The largest absolute Gasteiger partial charge is 0.457 e. The minimum atomic E-state index is -2.32. The minimum absolute atomic E-state index is 0.00603. The van der Waals surface area contributed by atoms with Gasteiger partial charge >= 0.3 is 0 Å². The van der Waals surface area contributed by atoms with Crippen LogP contribution in [0.3, 0.4) is 0 Å². The molecule has 0 N–H and O–H groups in total. The molecule has 1 aliphatic heterocycles. The molecule has 1 aliphatic carbocycles. The number of benzene rings is 8. The number of fused-ring (bicyclic) bond motifs is 5. The van der Waals surface area contributed by atoms with Crippen LogP contribution in [0.4, 0.5) is 22.7 Å². The van der Waals surface area contributed by atoms with Crippen molar-refractivity contribution in [1.29, 1.82) is 0 Å². The molecule has 0 bridgehead atoms. The molecule has 5 nitrogen and oxygen atoms in total. The van der Waals surface area contributed by atoms with Crippen LogP contribution in [0.1, 0.15) is 93.1 Å². The van der Waals surface area contributed by atoms with Gasteiger partial charge in [-0.25, -0.2) is 4.98 Å². The standard InChI is InChI=1S/C67H62N4O/c1-44(2)38-46-34-37-68-64(39-46)71-60-23-11-10-20-56(60)57-32-31-52(42-63(57)71)72-51-18-14-17-50(41-51)69-43-70(62-25-13-12-24-61(62)69)65-54(48-28-26-47(27-29-48)53-19-9-8-16-45(53)3)21-15-22-55(65)49-30-33-58-59(40-49)67(6,7)36-35-66(58,4)5/h8-34,37,39-42,44H,35-36,38,43H2,1-7H3/i3D3,10D,11D,20D,23D,30D,33D,38D2,40D. The van der Waals surface area contributed by atoms with Gasteiger partial charge in [0.05, 0.1) is 37.7 Å². The van der Waals surface area contributed by atoms with Gasteiger partial charge in [-0.1, -0.05) is 163 Å². The van der Waals surface area contributed by atoms with Crippen LogP contribution in [0.25, 0.3) is 61.0 Å². The molecule has 0 spiro atoms. The molecule has 8 aromatic carbocycles. The quantitative estimate of drug-likeness (QED) is 0.137. The van der Waals surface area contributed by atoms with Gasteiger partial charge in [-0.15, -0.1) is 0 Å². The highest BCUT2D eigenvalue weighted by molar-refractivity contribution is 6.09. The fraction of sp³-hybridized carbons (Fsp3) is 0.209. The Morgan fingerprint density at radius 1 is 0.625 bits per heavy atom. The first kappa shape index (κ1) is 33.7. The molecule has 2 aliphatic rings. The van der Waals surface area contributed by atoms with Gasteiger partial charge in [-0.2, -0.15) is 0 Å². The lowest BCUT2D eigenvalue weighted by Gasteiger charge is -2.42. The summed E-state index contributed by atoms with van der Waals surface area (Å²) in [6.07, 6.45) is 1.44. The van der Waals surface area contributed by atoms with Gasteiger partial charge in [0.15, 0.2) is 0 Å². The third kappa shape index (κ3) is 8.02. The summed E-state index contributed by atoms with van der Waals surface area (Å²) < 4.78 is 116. The fourth-order valence-electron chi connectivity index (χ4n) is 10.7. The maximum Gasteiger partial charge on any atom is 0.137 e. The number of aryl methyl sites for hydroxylation is 1. The van der Waals surface area contributed by atoms with Gasteiger partial charge in [-0.3, -0.25) is 4.57 Å². The van der Waals surface area contributed by atoms with E-state index in [1.165, 1.54) is 6.20 Å². The van der Waals surface area contributed by atoms with Crippen molar-refractivity contribution in [2.75, 3.05) is 16.5 Å². The summed E-state index contributed by atoms with van der Waals surface area (Å²) in [6, 6.07) is 44.3. The van der Waals surface area contributed by atoms with E-state index in [0.29, 0.717) is 50.0 Å². The molecule has 0 saturated carbocycles. The minimum Gasteiger partial charge on any atom is -0.457 e. The lowest BCUT2D eigenvalue weighted by Crippen LogP contribution is -2.33. The van der Waals surface area contributed by atoms with Gasteiger partial charge in [0, 0.05) is 52.8 Å². The van der Waals surface area contributed by atoms with Gasteiger partial charge in [0.2, 0.25) is 0 Å². The summed E-state index contributed by atoms with van der Waals surface area (Å²) >= 11 is 0. The molecular formula is C67H62N4O. The van der Waals surface area contributed by atoms with Crippen LogP contribution in [0.5, 0.6) is 11.5 Å². The third-order valence-corrected chi connectivity index (χ3v) is 14.5. The van der Waals surface area contributed by atoms with Crippen molar-refractivity contribution in [3.63, 3.8) is 0 Å². The highest BCUT2D eigenvalue weighted by Crippen LogP contribution is 2.52. The number of aromatic nitrogens is 2. The SMILES string of the molecule is [2H]c1c([2H])c2c(c([2H])c1-c1cccc(-c3ccc(-c4ccccc4C([2H])([2H])[2H])cc3)c1N1CN(c3cccc(Oc4ccc5c6c([2H])c([2H])c([2H])c([2H])c6n(-c6cc(C([2H])([2H])C(C)C)ccn6)c5c4)c3)c3ccccc31)C(C)(C)CCC2(C)C. The molecule has 5 heteroatoms. The number of pyridine rings is 1. The Bertz CT molecular complexity index is 4320. The summed E-state index contributed by atoms with van der Waals surface area (Å²) in [5.41, 5.74) is 9.30. The number of rotatable bonds is 10. The Hall–Kier alpha value is -7.89. The fourth-order valence-corrected chi connectivity index (χ4v) is 10.7. The first-order valence-electron chi connectivity index (χ1n) is 30.7. The van der Waals surface area contributed by atoms with E-state index < -0.39 is 30.1 Å². The maximum absolute atomic E-state index is 10.2. The lowest BCUT2D eigenvalue weighted by molar-refractivity contribution is 0.332. The van der Waals surface area contributed by atoms with E-state index in [2.05, 4.69) is 48.5 Å². The highest BCUT2D eigenvalue weighted by Gasteiger charge is 2.38. The Morgan fingerprint density at radius 3 is 2.10 bits per heavy atom. The first-order chi connectivity index (χ1) is 39.8. The molecule has 0 radical (unpaired) electrons. The average Bonchev–Trinajstić information content (AvgIpc) is 1.27. The summed E-state index contributed by atoms with van der Waals surface area (Å²) in [6.45, 7) is 10.1. The van der Waals surface area contributed by atoms with Gasteiger partial charge in [-0.05, 0) is 142 Å². The Labute approximate surface area is 441 Å². The molecule has 0 fully saturated rings. The van der Waals surface area contributed by atoms with Crippen LogP contribution in [0.2, 0.25) is 0 Å². The molecule has 0 amide bonds. The number of anilines is 4. The van der Waals surface area contributed by atoms with Crippen LogP contribution in [-0.2, 0) is 17.2 Å². The molecule has 12 rings (SSSR count). The van der Waals surface area contributed by atoms with Crippen molar-refractivity contribution in [3.05, 3.63) is 216 Å². The lowest BCUT2D eigenvalue weighted by atomic mass is 9.63. The summed E-state index contributed by atoms with van der Waals surface area (Å²) in [7, 11) is 0. The van der Waals surface area contributed by atoms with Crippen LogP contribution >= 0.6 is 0 Å². The molecule has 0 atom stereocenters. The molecule has 2 aromatic heterocycles. The predicted molar refractivity (Wildman–Crippen MR) is 302 cm³/mol. The third-order valence-electron chi connectivity index (χ3n) is 14.5. The molecule has 3 heterocycles. The van der Waals surface area contributed by atoms with Crippen molar-refractivity contribution < 1.29 is 21.2 Å². The summed E-state index contributed by atoms with van der Waals surface area (Å²) in [5, 5.41) is 0.842. The number of para-hydroxylation sites is 4. The number of ether oxygens (including phenoxy) is 1.